The highest BCUT2D eigenvalue weighted by Crippen LogP contribution is 2.27. The molecule has 27 heavy (non-hydrogen) atoms. The van der Waals surface area contributed by atoms with Crippen molar-refractivity contribution < 1.29 is 9.59 Å². The fraction of sp³-hybridized carbons (Fsp3) is 0.316. The van der Waals surface area contributed by atoms with E-state index in [0.717, 1.165) is 22.6 Å². The van der Waals surface area contributed by atoms with Gasteiger partial charge in [-0.25, -0.2) is 5.43 Å². The quantitative estimate of drug-likeness (QED) is 0.433. The van der Waals surface area contributed by atoms with E-state index in [-0.39, 0.29) is 18.4 Å². The van der Waals surface area contributed by atoms with Gasteiger partial charge < -0.3 is 9.88 Å². The molecule has 0 saturated heterocycles. The molecular weight excluding hydrogens is 387 g/mol. The zero-order valence-electron chi connectivity index (χ0n) is 15.6. The van der Waals surface area contributed by atoms with Crippen LogP contribution in [0.5, 0.6) is 0 Å². The molecule has 0 unspecified atom stereocenters. The second-order valence-corrected chi connectivity index (χ2v) is 7.27. The smallest absolute Gasteiger partial charge is 0.249 e. The Morgan fingerprint density at radius 1 is 1.15 bits per heavy atom. The minimum atomic E-state index is -0.470. The molecule has 0 fully saturated rings. The number of aryl methyl sites for hydroxylation is 1. The van der Waals surface area contributed by atoms with Crippen molar-refractivity contribution in [1.82, 2.24) is 15.3 Å². The summed E-state index contributed by atoms with van der Waals surface area (Å²) in [6, 6.07) is 7.35. The fourth-order valence-electron chi connectivity index (χ4n) is 2.67. The molecule has 0 atom stereocenters. The first-order valence-electron chi connectivity index (χ1n) is 8.44. The van der Waals surface area contributed by atoms with Crippen molar-refractivity contribution in [2.75, 3.05) is 0 Å². The minimum absolute atomic E-state index is 0.0134. The summed E-state index contributed by atoms with van der Waals surface area (Å²) in [4.78, 5) is 23.3. The van der Waals surface area contributed by atoms with Gasteiger partial charge in [0.1, 0.15) is 6.42 Å². The Kier molecular flexibility index (Phi) is 7.05. The molecule has 1 heterocycles. The summed E-state index contributed by atoms with van der Waals surface area (Å²) in [7, 11) is 0. The molecule has 0 spiro atoms. The molecule has 6 nitrogen and oxygen atoms in total. The van der Waals surface area contributed by atoms with Crippen molar-refractivity contribution in [3.63, 3.8) is 0 Å². The van der Waals surface area contributed by atoms with E-state index >= 15 is 0 Å². The van der Waals surface area contributed by atoms with Crippen LogP contribution < -0.4 is 10.7 Å². The number of hydrogen-bond donors (Lipinski definition) is 2. The predicted molar refractivity (Wildman–Crippen MR) is 109 cm³/mol. The number of rotatable bonds is 6. The van der Waals surface area contributed by atoms with Gasteiger partial charge in [-0.1, -0.05) is 23.2 Å². The first kappa shape index (κ1) is 21.0. The summed E-state index contributed by atoms with van der Waals surface area (Å²) in [5, 5.41) is 7.57. The Bertz CT molecular complexity index is 888. The SMILES string of the molecule is Cc1cc(/C=N/NC(=O)CC(=O)NC(C)C)c(C)n1-c1ccc(Cl)c(Cl)c1. The molecular formula is C19H22Cl2N4O2. The lowest BCUT2D eigenvalue weighted by atomic mass is 10.2. The maximum Gasteiger partial charge on any atom is 0.249 e. The normalized spacial score (nSPS) is 11.2. The molecule has 1 aromatic carbocycles. The molecule has 0 saturated carbocycles. The molecule has 0 aliphatic carbocycles. The van der Waals surface area contributed by atoms with Crippen LogP contribution in [0.2, 0.25) is 10.0 Å². The third kappa shape index (κ3) is 5.58. The van der Waals surface area contributed by atoms with Crippen LogP contribution in [0.1, 0.15) is 37.2 Å². The van der Waals surface area contributed by atoms with Crippen LogP contribution >= 0.6 is 23.2 Å². The van der Waals surface area contributed by atoms with Gasteiger partial charge in [-0.2, -0.15) is 5.10 Å². The van der Waals surface area contributed by atoms with Gasteiger partial charge in [-0.05, 0) is 52.0 Å². The molecule has 2 amide bonds. The van der Waals surface area contributed by atoms with Crippen molar-refractivity contribution in [2.45, 2.75) is 40.2 Å². The highest BCUT2D eigenvalue weighted by atomic mass is 35.5. The molecule has 0 aliphatic heterocycles. The highest BCUT2D eigenvalue weighted by molar-refractivity contribution is 6.42. The molecule has 2 aromatic rings. The van der Waals surface area contributed by atoms with Crippen molar-refractivity contribution >= 4 is 41.2 Å². The van der Waals surface area contributed by atoms with Gasteiger partial charge in [0.05, 0.1) is 16.3 Å². The summed E-state index contributed by atoms with van der Waals surface area (Å²) in [5.41, 5.74) is 6.00. The van der Waals surface area contributed by atoms with E-state index in [1.807, 2.05) is 44.4 Å². The second-order valence-electron chi connectivity index (χ2n) is 6.45. The number of amides is 2. The number of hydrogen-bond acceptors (Lipinski definition) is 3. The van der Waals surface area contributed by atoms with E-state index < -0.39 is 5.91 Å². The van der Waals surface area contributed by atoms with Crippen LogP contribution in [0.3, 0.4) is 0 Å². The van der Waals surface area contributed by atoms with Crippen molar-refractivity contribution in [3.8, 4) is 5.69 Å². The van der Waals surface area contributed by atoms with Crippen LogP contribution in [0.15, 0.2) is 29.4 Å². The molecule has 144 valence electrons. The molecule has 2 N–H and O–H groups in total. The van der Waals surface area contributed by atoms with Gasteiger partial charge in [0.2, 0.25) is 11.8 Å². The summed E-state index contributed by atoms with van der Waals surface area (Å²) in [6.45, 7) is 7.56. The topological polar surface area (TPSA) is 75.5 Å². The van der Waals surface area contributed by atoms with Gasteiger partial charge in [-0.3, -0.25) is 9.59 Å². The fourth-order valence-corrected chi connectivity index (χ4v) is 2.96. The molecule has 0 aliphatic rings. The van der Waals surface area contributed by atoms with Crippen molar-refractivity contribution in [1.29, 1.82) is 0 Å². The lowest BCUT2D eigenvalue weighted by Crippen LogP contribution is -2.34. The van der Waals surface area contributed by atoms with Crippen molar-refractivity contribution in [3.05, 3.63) is 51.3 Å². The molecule has 2 rings (SSSR count). The number of aromatic nitrogens is 1. The lowest BCUT2D eigenvalue weighted by molar-refractivity contribution is -0.129. The predicted octanol–water partition coefficient (Wildman–Crippen LogP) is 3.77. The summed E-state index contributed by atoms with van der Waals surface area (Å²) < 4.78 is 2.02. The van der Waals surface area contributed by atoms with Gasteiger partial charge in [0, 0.05) is 28.7 Å². The maximum atomic E-state index is 11.8. The molecule has 8 heteroatoms. The average Bonchev–Trinajstić information content (AvgIpc) is 2.83. The third-order valence-electron chi connectivity index (χ3n) is 3.80. The van der Waals surface area contributed by atoms with Crippen LogP contribution in [0, 0.1) is 13.8 Å². The minimum Gasteiger partial charge on any atom is -0.353 e. The monoisotopic (exact) mass is 408 g/mol. The van der Waals surface area contributed by atoms with Gasteiger partial charge in [0.15, 0.2) is 0 Å². The highest BCUT2D eigenvalue weighted by Gasteiger charge is 2.12. The largest absolute Gasteiger partial charge is 0.353 e. The zero-order chi connectivity index (χ0) is 20.1. The number of benzene rings is 1. The average molecular weight is 409 g/mol. The van der Waals surface area contributed by atoms with E-state index in [0.29, 0.717) is 10.0 Å². The first-order valence-corrected chi connectivity index (χ1v) is 9.20. The van der Waals surface area contributed by atoms with E-state index in [2.05, 4.69) is 15.8 Å². The molecule has 0 radical (unpaired) electrons. The van der Waals surface area contributed by atoms with Crippen LogP contribution in [0.25, 0.3) is 5.69 Å². The number of nitrogens with zero attached hydrogens (tertiary/aromatic N) is 2. The zero-order valence-corrected chi connectivity index (χ0v) is 17.1. The van der Waals surface area contributed by atoms with E-state index in [4.69, 9.17) is 23.2 Å². The van der Waals surface area contributed by atoms with E-state index in [9.17, 15) is 9.59 Å². The van der Waals surface area contributed by atoms with Gasteiger partial charge in [-0.15, -0.1) is 0 Å². The molecule has 1 aromatic heterocycles. The maximum absolute atomic E-state index is 11.8. The number of carbonyl (C=O) groups excluding carboxylic acids is 2. The Balaban J connectivity index is 2.10. The number of halogens is 2. The van der Waals surface area contributed by atoms with Crippen LogP contribution in [-0.2, 0) is 9.59 Å². The Morgan fingerprint density at radius 3 is 2.48 bits per heavy atom. The van der Waals surface area contributed by atoms with Crippen LogP contribution in [-0.4, -0.2) is 28.6 Å². The van der Waals surface area contributed by atoms with Crippen molar-refractivity contribution in [2.24, 2.45) is 5.10 Å². The van der Waals surface area contributed by atoms with Crippen LogP contribution in [0.4, 0.5) is 0 Å². The van der Waals surface area contributed by atoms with Gasteiger partial charge >= 0.3 is 0 Å². The third-order valence-corrected chi connectivity index (χ3v) is 4.53. The first-order chi connectivity index (χ1) is 12.7. The molecule has 0 bridgehead atoms. The number of carbonyl (C=O) groups is 2. The van der Waals surface area contributed by atoms with E-state index in [1.54, 1.807) is 18.3 Å². The standard InChI is InChI=1S/C19H22Cl2N4O2/c1-11(2)23-18(26)9-19(27)24-22-10-14-7-12(3)25(13(14)4)15-5-6-16(20)17(21)8-15/h5-8,10-11H,9H2,1-4H3,(H,23,26)(H,24,27)/b22-10+. The Labute approximate surface area is 168 Å². The number of nitrogens with one attached hydrogen (secondary N) is 2. The second kappa shape index (κ2) is 9.06. The summed E-state index contributed by atoms with van der Waals surface area (Å²) in [5.74, 6) is -0.807. The Hall–Kier alpha value is -2.31. The summed E-state index contributed by atoms with van der Waals surface area (Å²) >= 11 is 12.1. The van der Waals surface area contributed by atoms with Gasteiger partial charge in [0.25, 0.3) is 0 Å². The lowest BCUT2D eigenvalue weighted by Gasteiger charge is -2.10. The van der Waals surface area contributed by atoms with E-state index in [1.165, 1.54) is 0 Å². The number of hydrazone groups is 1. The summed E-state index contributed by atoms with van der Waals surface area (Å²) in [6.07, 6.45) is 1.28. The Morgan fingerprint density at radius 2 is 1.85 bits per heavy atom.